The van der Waals surface area contributed by atoms with E-state index >= 15 is 0 Å². The van der Waals surface area contributed by atoms with Crippen LogP contribution in [0.1, 0.15) is 0 Å². The molecular formula is C19H13Cl4NO2. The van der Waals surface area contributed by atoms with Crippen molar-refractivity contribution < 1.29 is 9.47 Å². The lowest BCUT2D eigenvalue weighted by molar-refractivity contribution is 0.416. The largest absolute Gasteiger partial charge is 0.496 e. The summed E-state index contributed by atoms with van der Waals surface area (Å²) in [6.45, 7) is 0. The van der Waals surface area contributed by atoms with E-state index in [1.165, 1.54) is 0 Å². The van der Waals surface area contributed by atoms with Gasteiger partial charge < -0.3 is 9.47 Å². The minimum atomic E-state index is 0.396. The van der Waals surface area contributed by atoms with E-state index in [1.807, 2.05) is 0 Å². The first-order valence-electron chi connectivity index (χ1n) is 7.48. The average molecular weight is 429 g/mol. The summed E-state index contributed by atoms with van der Waals surface area (Å²) in [5.41, 5.74) is 2.45. The Labute approximate surface area is 171 Å². The predicted octanol–water partition coefficient (Wildman–Crippen LogP) is 7.05. The van der Waals surface area contributed by atoms with Crippen LogP contribution in [0.25, 0.3) is 22.5 Å². The quantitative estimate of drug-likeness (QED) is 0.446. The first kappa shape index (κ1) is 19.1. The van der Waals surface area contributed by atoms with Crippen LogP contribution in [0.5, 0.6) is 11.5 Å². The van der Waals surface area contributed by atoms with Gasteiger partial charge in [0.15, 0.2) is 0 Å². The Morgan fingerprint density at radius 3 is 1.46 bits per heavy atom. The summed E-state index contributed by atoms with van der Waals surface area (Å²) in [5.74, 6) is 1.12. The van der Waals surface area contributed by atoms with Gasteiger partial charge in [-0.2, -0.15) is 0 Å². The van der Waals surface area contributed by atoms with E-state index in [0.717, 1.165) is 0 Å². The lowest BCUT2D eigenvalue weighted by Crippen LogP contribution is -1.96. The first-order valence-corrected chi connectivity index (χ1v) is 8.99. The molecule has 0 amide bonds. The smallest absolute Gasteiger partial charge is 0.129 e. The van der Waals surface area contributed by atoms with E-state index in [0.29, 0.717) is 54.1 Å². The third-order valence-corrected chi connectivity index (χ3v) is 4.81. The monoisotopic (exact) mass is 427 g/mol. The highest BCUT2D eigenvalue weighted by atomic mass is 35.5. The maximum absolute atomic E-state index is 6.40. The number of halogens is 4. The maximum atomic E-state index is 6.40. The van der Waals surface area contributed by atoms with Crippen molar-refractivity contribution in [2.24, 2.45) is 0 Å². The third kappa shape index (κ3) is 3.72. The number of hydrogen-bond donors (Lipinski definition) is 0. The van der Waals surface area contributed by atoms with Gasteiger partial charge in [-0.25, -0.2) is 4.98 Å². The molecule has 0 aliphatic heterocycles. The van der Waals surface area contributed by atoms with E-state index in [9.17, 15) is 0 Å². The minimum Gasteiger partial charge on any atom is -0.496 e. The SMILES string of the molecule is COc1cc(Cl)ccc1-c1nc(-c2ccc(Cl)cc2OC)c(Cl)cc1Cl. The Balaban J connectivity index is 2.24. The normalized spacial score (nSPS) is 10.7. The van der Waals surface area contributed by atoms with Crippen LogP contribution >= 0.6 is 46.4 Å². The van der Waals surface area contributed by atoms with E-state index in [1.54, 1.807) is 56.7 Å². The van der Waals surface area contributed by atoms with Gasteiger partial charge in [0.2, 0.25) is 0 Å². The number of benzene rings is 2. The van der Waals surface area contributed by atoms with Gasteiger partial charge in [0.1, 0.15) is 11.5 Å². The highest BCUT2D eigenvalue weighted by molar-refractivity contribution is 6.37. The molecule has 0 spiro atoms. The van der Waals surface area contributed by atoms with Crippen molar-refractivity contribution >= 4 is 46.4 Å². The van der Waals surface area contributed by atoms with Crippen LogP contribution in [-0.2, 0) is 0 Å². The van der Waals surface area contributed by atoms with Crippen molar-refractivity contribution in [3.05, 3.63) is 62.6 Å². The third-order valence-electron chi connectivity index (χ3n) is 3.77. The number of methoxy groups -OCH3 is 2. The Bertz CT molecular complexity index is 901. The molecule has 0 saturated heterocycles. The second-order valence-corrected chi connectivity index (χ2v) is 7.03. The van der Waals surface area contributed by atoms with Crippen LogP contribution in [-0.4, -0.2) is 19.2 Å². The molecule has 1 heterocycles. The second-order valence-electron chi connectivity index (χ2n) is 5.34. The Kier molecular flexibility index (Phi) is 5.83. The standard InChI is InChI=1S/C19H13Cl4NO2/c1-25-16-7-10(20)3-5-12(16)18-14(22)9-15(23)19(24-18)13-6-4-11(21)8-17(13)26-2/h3-9H,1-2H3. The van der Waals surface area contributed by atoms with Crippen LogP contribution in [0, 0.1) is 0 Å². The molecule has 1 aromatic heterocycles. The van der Waals surface area contributed by atoms with Gasteiger partial charge in [0.05, 0.1) is 35.7 Å². The lowest BCUT2D eigenvalue weighted by atomic mass is 10.1. The molecule has 0 N–H and O–H groups in total. The highest BCUT2D eigenvalue weighted by Gasteiger charge is 2.18. The molecular weight excluding hydrogens is 416 g/mol. The zero-order valence-corrected chi connectivity index (χ0v) is 16.8. The molecule has 0 fully saturated rings. The summed E-state index contributed by atoms with van der Waals surface area (Å²) in [7, 11) is 3.12. The molecule has 3 rings (SSSR count). The fraction of sp³-hybridized carbons (Fsp3) is 0.105. The molecule has 0 bridgehead atoms. The number of rotatable bonds is 4. The summed E-state index contributed by atoms with van der Waals surface area (Å²) in [6, 6.07) is 12.1. The van der Waals surface area contributed by atoms with Crippen molar-refractivity contribution in [1.82, 2.24) is 4.98 Å². The highest BCUT2D eigenvalue weighted by Crippen LogP contribution is 2.41. The number of ether oxygens (including phenoxy) is 2. The lowest BCUT2D eigenvalue weighted by Gasteiger charge is -2.14. The topological polar surface area (TPSA) is 31.4 Å². The summed E-state index contributed by atoms with van der Waals surface area (Å²) in [6.07, 6.45) is 0. The van der Waals surface area contributed by atoms with Crippen LogP contribution in [0.15, 0.2) is 42.5 Å². The fourth-order valence-electron chi connectivity index (χ4n) is 2.57. The maximum Gasteiger partial charge on any atom is 0.129 e. The Morgan fingerprint density at radius 2 is 1.08 bits per heavy atom. The van der Waals surface area contributed by atoms with E-state index in [2.05, 4.69) is 4.98 Å². The molecule has 3 nitrogen and oxygen atoms in total. The van der Waals surface area contributed by atoms with Crippen LogP contribution in [0.2, 0.25) is 20.1 Å². The molecule has 3 aromatic rings. The zero-order chi connectivity index (χ0) is 18.8. The average Bonchev–Trinajstić information content (AvgIpc) is 2.62. The molecule has 0 aliphatic rings. The number of pyridine rings is 1. The van der Waals surface area contributed by atoms with E-state index < -0.39 is 0 Å². The van der Waals surface area contributed by atoms with Gasteiger partial charge in [0, 0.05) is 21.2 Å². The van der Waals surface area contributed by atoms with Gasteiger partial charge in [-0.15, -0.1) is 0 Å². The second kappa shape index (κ2) is 7.93. The van der Waals surface area contributed by atoms with Gasteiger partial charge >= 0.3 is 0 Å². The molecule has 7 heteroatoms. The number of nitrogens with zero attached hydrogens (tertiary/aromatic N) is 1. The summed E-state index contributed by atoms with van der Waals surface area (Å²) < 4.78 is 10.8. The van der Waals surface area contributed by atoms with Crippen LogP contribution < -0.4 is 9.47 Å². The molecule has 0 radical (unpaired) electrons. The van der Waals surface area contributed by atoms with Gasteiger partial charge in [0.25, 0.3) is 0 Å². The van der Waals surface area contributed by atoms with Crippen LogP contribution in [0.4, 0.5) is 0 Å². The van der Waals surface area contributed by atoms with Gasteiger partial charge in [-0.3, -0.25) is 0 Å². The van der Waals surface area contributed by atoms with Crippen molar-refractivity contribution in [3.8, 4) is 34.0 Å². The number of hydrogen-bond acceptors (Lipinski definition) is 3. The molecule has 0 saturated carbocycles. The minimum absolute atomic E-state index is 0.396. The van der Waals surface area contributed by atoms with Gasteiger partial charge in [-0.1, -0.05) is 46.4 Å². The van der Waals surface area contributed by atoms with Crippen molar-refractivity contribution in [3.63, 3.8) is 0 Å². The summed E-state index contributed by atoms with van der Waals surface area (Å²) in [5, 5.41) is 1.89. The molecule has 26 heavy (non-hydrogen) atoms. The summed E-state index contributed by atoms with van der Waals surface area (Å²) >= 11 is 24.9. The van der Waals surface area contributed by atoms with Crippen LogP contribution in [0.3, 0.4) is 0 Å². The molecule has 134 valence electrons. The zero-order valence-electron chi connectivity index (χ0n) is 13.8. The number of aromatic nitrogens is 1. The molecule has 0 atom stereocenters. The molecule has 0 aliphatic carbocycles. The van der Waals surface area contributed by atoms with E-state index in [4.69, 9.17) is 55.9 Å². The van der Waals surface area contributed by atoms with Gasteiger partial charge in [-0.05, 0) is 42.5 Å². The van der Waals surface area contributed by atoms with E-state index in [-0.39, 0.29) is 0 Å². The Hall–Kier alpha value is -1.65. The predicted molar refractivity (Wildman–Crippen MR) is 108 cm³/mol. The molecule has 0 unspecified atom stereocenters. The molecule has 2 aromatic carbocycles. The van der Waals surface area contributed by atoms with Crippen molar-refractivity contribution in [2.45, 2.75) is 0 Å². The Morgan fingerprint density at radius 1 is 0.654 bits per heavy atom. The fourth-order valence-corrected chi connectivity index (χ4v) is 3.45. The van der Waals surface area contributed by atoms with Crippen molar-refractivity contribution in [2.75, 3.05) is 14.2 Å². The first-order chi connectivity index (χ1) is 12.4. The van der Waals surface area contributed by atoms with Crippen molar-refractivity contribution in [1.29, 1.82) is 0 Å². The summed E-state index contributed by atoms with van der Waals surface area (Å²) in [4.78, 5) is 4.68.